The Kier molecular flexibility index (Phi) is 6.25. The van der Waals surface area contributed by atoms with Gasteiger partial charge in [-0.2, -0.15) is 11.8 Å². The zero-order valence-corrected chi connectivity index (χ0v) is 13.8. The number of nitrogens with one attached hydrogen (secondary N) is 2. The van der Waals surface area contributed by atoms with Gasteiger partial charge in [0.1, 0.15) is 4.90 Å². The highest BCUT2D eigenvalue weighted by atomic mass is 32.2. The van der Waals surface area contributed by atoms with Crippen molar-refractivity contribution in [1.29, 1.82) is 0 Å². The van der Waals surface area contributed by atoms with Gasteiger partial charge in [0.2, 0.25) is 16.0 Å². The molecule has 1 aromatic rings. The van der Waals surface area contributed by atoms with Gasteiger partial charge >= 0.3 is 0 Å². The van der Waals surface area contributed by atoms with Crippen molar-refractivity contribution in [2.24, 2.45) is 0 Å². The first-order valence-corrected chi connectivity index (χ1v) is 9.82. The lowest BCUT2D eigenvalue weighted by Gasteiger charge is -2.21. The number of thioether (sulfide) groups is 1. The van der Waals surface area contributed by atoms with E-state index in [1.807, 2.05) is 18.7 Å². The largest absolute Gasteiger partial charge is 0.354 e. The summed E-state index contributed by atoms with van der Waals surface area (Å²) in [5.74, 6) is 1.58. The Hall–Kier alpha value is -0.860. The Balaban J connectivity index is 1.91. The fraction of sp³-hybridized carbons (Fsp3) is 0.692. The topological polar surface area (TPSA) is 84.0 Å². The molecule has 1 aliphatic rings. The minimum absolute atomic E-state index is 0.116. The number of rotatable bonds is 7. The quantitative estimate of drug-likeness (QED) is 0.794. The van der Waals surface area contributed by atoms with Gasteiger partial charge in [-0.15, -0.1) is 0 Å². The number of anilines is 1. The third-order valence-electron chi connectivity index (χ3n) is 3.25. The first kappa shape index (κ1) is 16.5. The normalized spacial score (nSPS) is 19.4. The average Bonchev–Trinajstić information content (AvgIpc) is 2.52. The molecule has 6 nitrogen and oxygen atoms in total. The van der Waals surface area contributed by atoms with E-state index in [2.05, 4.69) is 20.0 Å². The second-order valence-corrected chi connectivity index (χ2v) is 8.18. The molecule has 1 atom stereocenters. The van der Waals surface area contributed by atoms with Crippen LogP contribution in [-0.4, -0.2) is 42.5 Å². The van der Waals surface area contributed by atoms with Crippen LogP contribution in [0.4, 0.5) is 5.95 Å². The average molecular weight is 330 g/mol. The van der Waals surface area contributed by atoms with Gasteiger partial charge in [0, 0.05) is 18.3 Å². The molecule has 0 aliphatic carbocycles. The van der Waals surface area contributed by atoms with E-state index >= 15 is 0 Å². The zero-order valence-electron chi connectivity index (χ0n) is 12.2. The summed E-state index contributed by atoms with van der Waals surface area (Å²) in [6.45, 7) is 3.28. The smallest absolute Gasteiger partial charge is 0.243 e. The Bertz CT molecular complexity index is 528. The first-order chi connectivity index (χ1) is 10.1. The summed E-state index contributed by atoms with van der Waals surface area (Å²) in [5, 5.41) is 3.39. The van der Waals surface area contributed by atoms with Crippen LogP contribution in [0.2, 0.25) is 0 Å². The maximum atomic E-state index is 12.2. The standard InChI is InChI=1S/C13H22N4O2S2/c1-2-6-14-13-15-9-12(10-16-13)21(18,19)17-8-11-5-3-4-7-20-11/h9-11,17H,2-8H2,1H3,(H,14,15,16). The third-order valence-corrected chi connectivity index (χ3v) is 6.02. The Morgan fingerprint density at radius 2 is 2.10 bits per heavy atom. The molecule has 1 fully saturated rings. The predicted octanol–water partition coefficient (Wildman–Crippen LogP) is 1.86. The van der Waals surface area contributed by atoms with Crippen LogP contribution < -0.4 is 10.0 Å². The van der Waals surface area contributed by atoms with E-state index < -0.39 is 10.0 Å². The summed E-state index contributed by atoms with van der Waals surface area (Å²) >= 11 is 1.84. The molecule has 1 aliphatic heterocycles. The first-order valence-electron chi connectivity index (χ1n) is 7.29. The van der Waals surface area contributed by atoms with E-state index in [1.165, 1.54) is 25.2 Å². The number of sulfonamides is 1. The molecule has 118 valence electrons. The van der Waals surface area contributed by atoms with Gasteiger partial charge in [-0.05, 0) is 25.0 Å². The lowest BCUT2D eigenvalue weighted by atomic mass is 10.2. The predicted molar refractivity (Wildman–Crippen MR) is 86.1 cm³/mol. The van der Waals surface area contributed by atoms with Gasteiger partial charge < -0.3 is 5.32 Å². The molecule has 2 N–H and O–H groups in total. The molecule has 8 heteroatoms. The molecule has 21 heavy (non-hydrogen) atoms. The van der Waals surface area contributed by atoms with E-state index in [0.29, 0.717) is 17.7 Å². The van der Waals surface area contributed by atoms with Gasteiger partial charge in [0.05, 0.1) is 12.4 Å². The molecule has 1 aromatic heterocycles. The Labute approximate surface area is 130 Å². The fourth-order valence-electron chi connectivity index (χ4n) is 2.04. The van der Waals surface area contributed by atoms with Gasteiger partial charge in [0.25, 0.3) is 0 Å². The highest BCUT2D eigenvalue weighted by molar-refractivity contribution is 8.00. The number of aromatic nitrogens is 2. The Morgan fingerprint density at radius 1 is 1.33 bits per heavy atom. The van der Waals surface area contributed by atoms with E-state index in [0.717, 1.165) is 25.1 Å². The minimum atomic E-state index is -3.51. The van der Waals surface area contributed by atoms with E-state index in [4.69, 9.17) is 0 Å². The van der Waals surface area contributed by atoms with Crippen molar-refractivity contribution in [1.82, 2.24) is 14.7 Å². The van der Waals surface area contributed by atoms with Gasteiger partial charge in [0.15, 0.2) is 0 Å². The summed E-state index contributed by atoms with van der Waals surface area (Å²) in [7, 11) is -3.51. The molecule has 0 spiro atoms. The number of hydrogen-bond acceptors (Lipinski definition) is 6. The summed E-state index contributed by atoms with van der Waals surface area (Å²) in [5.41, 5.74) is 0. The molecular formula is C13H22N4O2S2. The van der Waals surface area contributed by atoms with Gasteiger partial charge in [-0.3, -0.25) is 0 Å². The van der Waals surface area contributed by atoms with Crippen LogP contribution in [0, 0.1) is 0 Å². The minimum Gasteiger partial charge on any atom is -0.354 e. The molecule has 0 radical (unpaired) electrons. The lowest BCUT2D eigenvalue weighted by Crippen LogP contribution is -2.32. The molecule has 1 unspecified atom stereocenters. The zero-order chi connectivity index (χ0) is 15.1. The van der Waals surface area contributed by atoms with Crippen LogP contribution >= 0.6 is 11.8 Å². The lowest BCUT2D eigenvalue weighted by molar-refractivity contribution is 0.573. The van der Waals surface area contributed by atoms with Gasteiger partial charge in [-0.1, -0.05) is 13.3 Å². The third kappa shape index (κ3) is 5.12. The highest BCUT2D eigenvalue weighted by Gasteiger charge is 2.19. The van der Waals surface area contributed by atoms with Crippen LogP contribution in [0.15, 0.2) is 17.3 Å². The maximum Gasteiger partial charge on any atom is 0.243 e. The summed E-state index contributed by atoms with van der Waals surface area (Å²) in [6, 6.07) is 0. The molecule has 2 heterocycles. The molecule has 0 saturated carbocycles. The van der Waals surface area contributed by atoms with Crippen molar-refractivity contribution < 1.29 is 8.42 Å². The summed E-state index contributed by atoms with van der Waals surface area (Å²) in [6.07, 6.45) is 7.14. The molecule has 2 rings (SSSR count). The van der Waals surface area contributed by atoms with Crippen LogP contribution in [0.25, 0.3) is 0 Å². The molecule has 1 saturated heterocycles. The van der Waals surface area contributed by atoms with Crippen LogP contribution in [0.1, 0.15) is 32.6 Å². The number of hydrogen-bond donors (Lipinski definition) is 2. The SMILES string of the molecule is CCCNc1ncc(S(=O)(=O)NCC2CCCCS2)cn1. The summed E-state index contributed by atoms with van der Waals surface area (Å²) in [4.78, 5) is 8.18. The van der Waals surface area contributed by atoms with Crippen molar-refractivity contribution in [3.05, 3.63) is 12.4 Å². The van der Waals surface area contributed by atoms with E-state index in [1.54, 1.807) is 0 Å². The van der Waals surface area contributed by atoms with Crippen molar-refractivity contribution >= 4 is 27.7 Å². The van der Waals surface area contributed by atoms with Crippen LogP contribution in [-0.2, 0) is 10.0 Å². The van der Waals surface area contributed by atoms with Crippen LogP contribution in [0.5, 0.6) is 0 Å². The summed E-state index contributed by atoms with van der Waals surface area (Å²) < 4.78 is 27.0. The second kappa shape index (κ2) is 7.95. The molecule has 0 amide bonds. The fourth-order valence-corrected chi connectivity index (χ4v) is 4.35. The van der Waals surface area contributed by atoms with Crippen molar-refractivity contribution in [3.63, 3.8) is 0 Å². The highest BCUT2D eigenvalue weighted by Crippen LogP contribution is 2.24. The monoisotopic (exact) mass is 330 g/mol. The second-order valence-electron chi connectivity index (χ2n) is 5.01. The molecular weight excluding hydrogens is 308 g/mol. The Morgan fingerprint density at radius 3 is 2.71 bits per heavy atom. The van der Waals surface area contributed by atoms with E-state index in [-0.39, 0.29) is 4.90 Å². The van der Waals surface area contributed by atoms with Gasteiger partial charge in [-0.25, -0.2) is 23.1 Å². The maximum absolute atomic E-state index is 12.2. The molecule has 0 bridgehead atoms. The number of nitrogens with zero attached hydrogens (tertiary/aromatic N) is 2. The van der Waals surface area contributed by atoms with Crippen molar-refractivity contribution in [2.45, 2.75) is 42.8 Å². The molecule has 0 aromatic carbocycles. The van der Waals surface area contributed by atoms with E-state index in [9.17, 15) is 8.42 Å². The van der Waals surface area contributed by atoms with Crippen molar-refractivity contribution in [3.8, 4) is 0 Å². The van der Waals surface area contributed by atoms with Crippen LogP contribution in [0.3, 0.4) is 0 Å². The van der Waals surface area contributed by atoms with Crippen molar-refractivity contribution in [2.75, 3.05) is 24.2 Å².